The molecule has 3 heterocycles. The third kappa shape index (κ3) is 8.38. The highest BCUT2D eigenvalue weighted by Crippen LogP contribution is 2.48. The van der Waals surface area contributed by atoms with Gasteiger partial charge in [-0.3, -0.25) is 9.98 Å². The van der Waals surface area contributed by atoms with Gasteiger partial charge < -0.3 is 29.7 Å². The van der Waals surface area contributed by atoms with Gasteiger partial charge in [0.05, 0.1) is 28.9 Å². The molecule has 218 valence electrons. The van der Waals surface area contributed by atoms with Crippen molar-refractivity contribution in [2.45, 2.75) is 19.9 Å². The predicted octanol–water partition coefficient (Wildman–Crippen LogP) is 5.99. The Labute approximate surface area is 250 Å². The first-order valence-electron chi connectivity index (χ1n) is 13.5. The van der Waals surface area contributed by atoms with Crippen LogP contribution in [-0.2, 0) is 4.57 Å². The lowest BCUT2D eigenvalue weighted by Gasteiger charge is -2.33. The summed E-state index contributed by atoms with van der Waals surface area (Å²) in [5, 5.41) is 7.31. The monoisotopic (exact) mass is 640 g/mol. The number of hydrogen-bond acceptors (Lipinski definition) is 10. The molecule has 2 aliphatic heterocycles. The van der Waals surface area contributed by atoms with Gasteiger partial charge in [-0.15, -0.1) is 0 Å². The Balaban J connectivity index is 1.57. The number of fused-ring (bicyclic) bond motifs is 1. The summed E-state index contributed by atoms with van der Waals surface area (Å²) in [5.74, 6) is 1.74. The summed E-state index contributed by atoms with van der Waals surface area (Å²) in [7, 11) is -0.517. The first-order chi connectivity index (χ1) is 19.5. The van der Waals surface area contributed by atoms with Crippen LogP contribution in [0.25, 0.3) is 0 Å². The fourth-order valence-electron chi connectivity index (χ4n) is 4.19. The highest BCUT2D eigenvalue weighted by Gasteiger charge is 2.21. The standard InChI is InChI=1S/C29H38BrN8O2P/c1-20(2)37(4)13-14-38-15-16-40-26-17-22(8-10-25(26)38)34-29-33-18-23(30)28(36-29)35-24-9-7-21(3)32-12-11-31-19-27(24)41(5,6)39/h7-12,17-18,20H,3,13-16,19H2,1-2,4-6H3,(H2,33,34,35,36)/b9-7-,27-24-,31-11?,32-12?. The minimum absolute atomic E-state index is 0.267. The first kappa shape index (κ1) is 30.7. The molecule has 0 aliphatic carbocycles. The number of hydrogen-bond donors (Lipinski definition) is 2. The van der Waals surface area contributed by atoms with E-state index >= 15 is 0 Å². The molecule has 0 radical (unpaired) electrons. The summed E-state index contributed by atoms with van der Waals surface area (Å²) < 4.78 is 19.9. The number of anilines is 4. The minimum atomic E-state index is -2.67. The summed E-state index contributed by atoms with van der Waals surface area (Å²) in [6.45, 7) is 15.5. The van der Waals surface area contributed by atoms with Gasteiger partial charge in [0.2, 0.25) is 5.95 Å². The summed E-state index contributed by atoms with van der Waals surface area (Å²) in [6.07, 6.45) is 8.41. The van der Waals surface area contributed by atoms with Crippen LogP contribution in [0, 0.1) is 0 Å². The van der Waals surface area contributed by atoms with Gasteiger partial charge in [-0.05, 0) is 74.4 Å². The molecular weight excluding hydrogens is 603 g/mol. The van der Waals surface area contributed by atoms with Crippen LogP contribution in [0.1, 0.15) is 13.8 Å². The maximum Gasteiger partial charge on any atom is 0.229 e. The molecule has 0 bridgehead atoms. The molecule has 1 aromatic heterocycles. The van der Waals surface area contributed by atoms with Crippen LogP contribution in [0.15, 0.2) is 74.3 Å². The Kier molecular flexibility index (Phi) is 10.2. The number of nitrogens with zero attached hydrogens (tertiary/aromatic N) is 6. The Morgan fingerprint density at radius 1 is 1.22 bits per heavy atom. The van der Waals surface area contributed by atoms with Crippen molar-refractivity contribution in [2.75, 3.05) is 68.7 Å². The fraction of sp³-hybridized carbons (Fsp3) is 0.379. The van der Waals surface area contributed by atoms with Crippen molar-refractivity contribution >= 4 is 58.6 Å². The number of aliphatic imine (C=N–C) groups is 2. The normalized spacial score (nSPS) is 18.3. The van der Waals surface area contributed by atoms with Crippen LogP contribution in [0.3, 0.4) is 0 Å². The zero-order chi connectivity index (χ0) is 29.6. The topological polar surface area (TPSA) is 107 Å². The number of aromatic nitrogens is 2. The van der Waals surface area contributed by atoms with Crippen LogP contribution in [0.4, 0.5) is 23.1 Å². The quantitative estimate of drug-likeness (QED) is 0.322. The highest BCUT2D eigenvalue weighted by atomic mass is 79.9. The molecule has 4 rings (SSSR count). The van der Waals surface area contributed by atoms with Gasteiger partial charge in [0, 0.05) is 60.5 Å². The Hall–Kier alpha value is -3.27. The number of likely N-dealkylation sites (N-methyl/N-ethyl adjacent to an activating group) is 1. The molecular formula is C29H38BrN8O2P. The van der Waals surface area contributed by atoms with E-state index in [2.05, 4.69) is 84.9 Å². The number of benzene rings is 1. The summed E-state index contributed by atoms with van der Waals surface area (Å²) >= 11 is 3.55. The third-order valence-electron chi connectivity index (χ3n) is 6.83. The van der Waals surface area contributed by atoms with Gasteiger partial charge in [0.15, 0.2) is 0 Å². The molecule has 0 saturated heterocycles. The molecule has 41 heavy (non-hydrogen) atoms. The highest BCUT2D eigenvalue weighted by molar-refractivity contribution is 9.10. The second-order valence-corrected chi connectivity index (χ2v) is 14.6. The van der Waals surface area contributed by atoms with E-state index < -0.39 is 7.14 Å². The minimum Gasteiger partial charge on any atom is -0.489 e. The second-order valence-electron chi connectivity index (χ2n) is 10.5. The van der Waals surface area contributed by atoms with E-state index in [0.29, 0.717) is 45.6 Å². The van der Waals surface area contributed by atoms with E-state index in [1.165, 1.54) is 0 Å². The average Bonchev–Trinajstić information content (AvgIpc) is 2.92. The predicted molar refractivity (Wildman–Crippen MR) is 175 cm³/mol. The molecule has 0 atom stereocenters. The lowest BCUT2D eigenvalue weighted by Crippen LogP contribution is -2.40. The molecule has 0 saturated carbocycles. The van der Waals surface area contributed by atoms with Crippen molar-refractivity contribution in [3.05, 3.63) is 64.3 Å². The number of halogens is 1. The smallest absolute Gasteiger partial charge is 0.229 e. The third-order valence-corrected chi connectivity index (χ3v) is 9.10. The molecule has 2 aliphatic rings. The van der Waals surface area contributed by atoms with Crippen LogP contribution in [0.5, 0.6) is 5.75 Å². The van der Waals surface area contributed by atoms with Crippen molar-refractivity contribution in [2.24, 2.45) is 9.98 Å². The number of rotatable bonds is 9. The Bertz CT molecular complexity index is 1450. The van der Waals surface area contributed by atoms with Gasteiger partial charge in [0.1, 0.15) is 25.3 Å². The van der Waals surface area contributed by atoms with Crippen LogP contribution < -0.4 is 20.3 Å². The average molecular weight is 642 g/mol. The first-order valence-corrected chi connectivity index (χ1v) is 16.9. The molecule has 0 spiro atoms. The molecule has 2 N–H and O–H groups in total. The molecule has 1 aromatic carbocycles. The van der Waals surface area contributed by atoms with Crippen molar-refractivity contribution in [3.8, 4) is 5.75 Å². The maximum absolute atomic E-state index is 13.2. The van der Waals surface area contributed by atoms with E-state index in [0.717, 1.165) is 36.8 Å². The van der Waals surface area contributed by atoms with Crippen molar-refractivity contribution in [1.82, 2.24) is 14.9 Å². The summed E-state index contributed by atoms with van der Waals surface area (Å²) in [6, 6.07) is 6.56. The SMILES string of the molecule is C=C1/C=C\C(Nc2nc(Nc3ccc4c(c3)OCCN4CCN(C)C(C)C)ncc2Br)=C(\P(C)(C)=O)CN=CC=N1. The fourth-order valence-corrected chi connectivity index (χ4v) is 5.61. The van der Waals surface area contributed by atoms with Crippen molar-refractivity contribution < 1.29 is 9.30 Å². The Morgan fingerprint density at radius 2 is 2.02 bits per heavy atom. The Morgan fingerprint density at radius 3 is 2.78 bits per heavy atom. The summed E-state index contributed by atoms with van der Waals surface area (Å²) in [5.41, 5.74) is 3.07. The van der Waals surface area contributed by atoms with Crippen LogP contribution in [-0.4, -0.2) is 86.5 Å². The zero-order valence-corrected chi connectivity index (χ0v) is 26.7. The van der Waals surface area contributed by atoms with E-state index in [1.54, 1.807) is 38.0 Å². The van der Waals surface area contributed by atoms with E-state index in [9.17, 15) is 4.57 Å². The number of ether oxygens (including phenoxy) is 1. The van der Waals surface area contributed by atoms with Gasteiger partial charge in [-0.1, -0.05) is 6.58 Å². The second kappa shape index (κ2) is 13.6. The lowest BCUT2D eigenvalue weighted by molar-refractivity contribution is 0.268. The molecule has 10 nitrogen and oxygen atoms in total. The van der Waals surface area contributed by atoms with Crippen molar-refractivity contribution in [3.63, 3.8) is 0 Å². The zero-order valence-electron chi connectivity index (χ0n) is 24.3. The van der Waals surface area contributed by atoms with E-state index in [1.807, 2.05) is 18.2 Å². The molecule has 2 aromatic rings. The van der Waals surface area contributed by atoms with Gasteiger partial charge in [0.25, 0.3) is 0 Å². The van der Waals surface area contributed by atoms with Gasteiger partial charge in [-0.2, -0.15) is 4.98 Å². The van der Waals surface area contributed by atoms with Gasteiger partial charge >= 0.3 is 0 Å². The van der Waals surface area contributed by atoms with E-state index in [-0.39, 0.29) is 6.54 Å². The van der Waals surface area contributed by atoms with Crippen LogP contribution >= 0.6 is 23.1 Å². The van der Waals surface area contributed by atoms with Gasteiger partial charge in [-0.25, -0.2) is 4.98 Å². The summed E-state index contributed by atoms with van der Waals surface area (Å²) in [4.78, 5) is 22.4. The molecule has 12 heteroatoms. The number of allylic oxidation sites excluding steroid dienone is 2. The number of nitrogens with one attached hydrogen (secondary N) is 2. The molecule has 0 fully saturated rings. The maximum atomic E-state index is 13.2. The van der Waals surface area contributed by atoms with Crippen molar-refractivity contribution in [1.29, 1.82) is 0 Å². The van der Waals surface area contributed by atoms with E-state index in [4.69, 9.17) is 9.72 Å². The van der Waals surface area contributed by atoms with Crippen LogP contribution in [0.2, 0.25) is 0 Å². The molecule has 0 unspecified atom stereocenters. The molecule has 0 amide bonds. The largest absolute Gasteiger partial charge is 0.489 e. The lowest BCUT2D eigenvalue weighted by atomic mass is 10.2.